The zero-order valence-corrected chi connectivity index (χ0v) is 12.6. The minimum absolute atomic E-state index is 0.644. The van der Waals surface area contributed by atoms with Gasteiger partial charge < -0.3 is 5.32 Å². The molecule has 1 aromatic heterocycles. The van der Waals surface area contributed by atoms with Gasteiger partial charge in [0.1, 0.15) is 0 Å². The average molecular weight is 267 g/mol. The zero-order chi connectivity index (χ0) is 13.0. The van der Waals surface area contributed by atoms with Crippen molar-refractivity contribution in [2.75, 3.05) is 12.8 Å². The molecule has 0 amide bonds. The quantitative estimate of drug-likeness (QED) is 0.832. The summed E-state index contributed by atoms with van der Waals surface area (Å²) in [4.78, 5) is 0. The van der Waals surface area contributed by atoms with Crippen molar-refractivity contribution in [3.63, 3.8) is 0 Å². The first-order valence-electron chi connectivity index (χ1n) is 7.01. The third kappa shape index (κ3) is 3.51. The first-order valence-corrected chi connectivity index (χ1v) is 8.00. The fourth-order valence-electron chi connectivity index (χ4n) is 2.89. The Kier molecular flexibility index (Phi) is 5.13. The Hall–Kier alpha value is -0.480. The summed E-state index contributed by atoms with van der Waals surface area (Å²) < 4.78 is 1.99. The summed E-state index contributed by atoms with van der Waals surface area (Å²) in [6.45, 7) is 2.06. The van der Waals surface area contributed by atoms with Crippen molar-refractivity contribution in [2.24, 2.45) is 13.0 Å². The number of aromatic nitrogens is 2. The Morgan fingerprint density at radius 2 is 2.17 bits per heavy atom. The normalized spacial score (nSPS) is 19.1. The van der Waals surface area contributed by atoms with E-state index in [0.29, 0.717) is 6.04 Å². The largest absolute Gasteiger partial charge is 0.316 e. The zero-order valence-electron chi connectivity index (χ0n) is 11.8. The third-order valence-corrected chi connectivity index (χ3v) is 5.16. The van der Waals surface area contributed by atoms with E-state index in [9.17, 15) is 0 Å². The van der Waals surface area contributed by atoms with Gasteiger partial charge in [0.25, 0.3) is 0 Å². The highest BCUT2D eigenvalue weighted by Crippen LogP contribution is 2.29. The number of nitrogens with one attached hydrogen (secondary N) is 1. The van der Waals surface area contributed by atoms with Gasteiger partial charge >= 0.3 is 0 Å². The summed E-state index contributed by atoms with van der Waals surface area (Å²) in [5, 5.41) is 9.20. The molecule has 0 spiro atoms. The van der Waals surface area contributed by atoms with Crippen LogP contribution in [0.3, 0.4) is 0 Å². The average Bonchev–Trinajstić information content (AvgIpc) is 2.70. The Morgan fingerprint density at radius 1 is 1.44 bits per heavy atom. The van der Waals surface area contributed by atoms with Crippen LogP contribution in [0.1, 0.15) is 37.8 Å². The predicted molar refractivity (Wildman–Crippen MR) is 78.1 cm³/mol. The van der Waals surface area contributed by atoms with Crippen LogP contribution in [0.15, 0.2) is 11.1 Å². The van der Waals surface area contributed by atoms with Crippen LogP contribution in [0, 0.1) is 12.8 Å². The molecule has 0 saturated heterocycles. The summed E-state index contributed by atoms with van der Waals surface area (Å²) >= 11 is 1.93. The van der Waals surface area contributed by atoms with Crippen molar-refractivity contribution in [1.82, 2.24) is 15.1 Å². The van der Waals surface area contributed by atoms with Crippen molar-refractivity contribution < 1.29 is 0 Å². The first kappa shape index (κ1) is 13.9. The molecule has 1 aromatic rings. The fourth-order valence-corrected chi connectivity index (χ4v) is 4.16. The van der Waals surface area contributed by atoms with E-state index in [1.165, 1.54) is 37.1 Å². The van der Waals surface area contributed by atoms with Gasteiger partial charge in [-0.05, 0) is 38.8 Å². The van der Waals surface area contributed by atoms with E-state index in [4.69, 9.17) is 0 Å². The number of rotatable bonds is 5. The summed E-state index contributed by atoms with van der Waals surface area (Å²) in [5.74, 6) is 2.02. The van der Waals surface area contributed by atoms with E-state index in [1.54, 1.807) is 0 Å². The van der Waals surface area contributed by atoms with Crippen LogP contribution in [-0.4, -0.2) is 28.6 Å². The molecule has 1 atom stereocenters. The van der Waals surface area contributed by atoms with Crippen LogP contribution in [0.2, 0.25) is 0 Å². The molecule has 1 heterocycles. The van der Waals surface area contributed by atoms with Crippen molar-refractivity contribution in [3.05, 3.63) is 11.8 Å². The first-order chi connectivity index (χ1) is 8.70. The minimum atomic E-state index is 0.644. The number of aryl methyl sites for hydroxylation is 2. The molecular formula is C14H25N3S. The van der Waals surface area contributed by atoms with E-state index in [2.05, 4.69) is 30.5 Å². The molecule has 0 radical (unpaired) electrons. The lowest BCUT2D eigenvalue weighted by Crippen LogP contribution is -2.36. The van der Waals surface area contributed by atoms with Gasteiger partial charge in [-0.3, -0.25) is 4.68 Å². The molecule has 1 unspecified atom stereocenters. The van der Waals surface area contributed by atoms with Gasteiger partial charge in [0, 0.05) is 18.8 Å². The van der Waals surface area contributed by atoms with Crippen molar-refractivity contribution in [3.8, 4) is 0 Å². The summed E-state index contributed by atoms with van der Waals surface area (Å²) in [7, 11) is 4.14. The summed E-state index contributed by atoms with van der Waals surface area (Å²) in [5.41, 5.74) is 1.11. The fraction of sp³-hybridized carbons (Fsp3) is 0.786. The second-order valence-electron chi connectivity index (χ2n) is 5.35. The maximum atomic E-state index is 4.40. The molecular weight excluding hydrogens is 242 g/mol. The lowest BCUT2D eigenvalue weighted by atomic mass is 9.84. The van der Waals surface area contributed by atoms with E-state index in [-0.39, 0.29) is 0 Å². The minimum Gasteiger partial charge on any atom is -0.316 e. The predicted octanol–water partition coefficient (Wildman–Crippen LogP) is 2.99. The Balaban J connectivity index is 1.88. The highest BCUT2D eigenvalue weighted by Gasteiger charge is 2.22. The molecule has 3 nitrogen and oxygen atoms in total. The van der Waals surface area contributed by atoms with E-state index >= 15 is 0 Å². The highest BCUT2D eigenvalue weighted by atomic mass is 32.2. The molecule has 0 aromatic carbocycles. The van der Waals surface area contributed by atoms with Gasteiger partial charge in [0.2, 0.25) is 0 Å². The molecule has 102 valence electrons. The van der Waals surface area contributed by atoms with Gasteiger partial charge in [-0.2, -0.15) is 5.10 Å². The topological polar surface area (TPSA) is 29.9 Å². The van der Waals surface area contributed by atoms with E-state index in [1.807, 2.05) is 23.5 Å². The van der Waals surface area contributed by atoms with Crippen molar-refractivity contribution >= 4 is 11.8 Å². The smallest absolute Gasteiger partial charge is 0.0939 e. The van der Waals surface area contributed by atoms with Crippen LogP contribution in [-0.2, 0) is 7.05 Å². The second kappa shape index (κ2) is 6.62. The molecule has 1 N–H and O–H groups in total. The maximum Gasteiger partial charge on any atom is 0.0939 e. The molecule has 2 rings (SSSR count). The van der Waals surface area contributed by atoms with Crippen LogP contribution in [0.4, 0.5) is 0 Å². The van der Waals surface area contributed by atoms with Crippen molar-refractivity contribution in [1.29, 1.82) is 0 Å². The molecule has 1 fully saturated rings. The van der Waals surface area contributed by atoms with Gasteiger partial charge in [-0.25, -0.2) is 0 Å². The SMILES string of the molecule is CNC(CSc1cc(C)nn1C)C1CCCCC1. The van der Waals surface area contributed by atoms with Crippen LogP contribution >= 0.6 is 11.8 Å². The van der Waals surface area contributed by atoms with Gasteiger partial charge in [-0.15, -0.1) is 11.8 Å². The molecule has 0 bridgehead atoms. The van der Waals surface area contributed by atoms with Gasteiger partial charge in [-0.1, -0.05) is 19.3 Å². The molecule has 18 heavy (non-hydrogen) atoms. The van der Waals surface area contributed by atoms with E-state index in [0.717, 1.165) is 17.4 Å². The Morgan fingerprint density at radius 3 is 2.72 bits per heavy atom. The third-order valence-electron chi connectivity index (χ3n) is 3.96. The standard InChI is InChI=1S/C14H25N3S/c1-11-9-14(17(3)16-11)18-10-13(15-2)12-7-5-4-6-8-12/h9,12-13,15H,4-8,10H2,1-3H3. The van der Waals surface area contributed by atoms with Crippen molar-refractivity contribution in [2.45, 2.75) is 50.1 Å². The number of thioether (sulfide) groups is 1. The lowest BCUT2D eigenvalue weighted by Gasteiger charge is -2.29. The molecule has 1 saturated carbocycles. The maximum absolute atomic E-state index is 4.40. The highest BCUT2D eigenvalue weighted by molar-refractivity contribution is 7.99. The molecule has 1 aliphatic rings. The summed E-state index contributed by atoms with van der Waals surface area (Å²) in [6, 6.07) is 2.82. The Labute approximate surface area is 115 Å². The molecule has 4 heteroatoms. The second-order valence-corrected chi connectivity index (χ2v) is 6.39. The van der Waals surface area contributed by atoms with E-state index < -0.39 is 0 Å². The summed E-state index contributed by atoms with van der Waals surface area (Å²) in [6.07, 6.45) is 7.06. The Bertz CT molecular complexity index is 369. The van der Waals surface area contributed by atoms with Crippen LogP contribution < -0.4 is 5.32 Å². The van der Waals surface area contributed by atoms with Gasteiger partial charge in [0.15, 0.2) is 0 Å². The number of hydrogen-bond acceptors (Lipinski definition) is 3. The molecule has 1 aliphatic carbocycles. The van der Waals surface area contributed by atoms with Gasteiger partial charge in [0.05, 0.1) is 10.7 Å². The number of nitrogens with zero attached hydrogens (tertiary/aromatic N) is 2. The monoisotopic (exact) mass is 267 g/mol. The lowest BCUT2D eigenvalue weighted by molar-refractivity contribution is 0.294. The van der Waals surface area contributed by atoms with Crippen LogP contribution in [0.5, 0.6) is 0 Å². The number of hydrogen-bond donors (Lipinski definition) is 1. The van der Waals surface area contributed by atoms with Crippen LogP contribution in [0.25, 0.3) is 0 Å². The molecule has 0 aliphatic heterocycles.